The van der Waals surface area contributed by atoms with Crippen molar-refractivity contribution in [1.29, 1.82) is 0 Å². The topological polar surface area (TPSA) is 61.5 Å². The van der Waals surface area contributed by atoms with Crippen molar-refractivity contribution in [1.82, 2.24) is 15.1 Å². The zero-order chi connectivity index (χ0) is 20.2. The molecule has 0 radical (unpaired) electrons. The van der Waals surface area contributed by atoms with Gasteiger partial charge in [0.1, 0.15) is 5.75 Å². The monoisotopic (exact) mass is 410 g/mol. The van der Waals surface area contributed by atoms with Gasteiger partial charge in [-0.3, -0.25) is 9.89 Å². The number of rotatable bonds is 5. The van der Waals surface area contributed by atoms with Crippen LogP contribution in [-0.4, -0.2) is 53.8 Å². The van der Waals surface area contributed by atoms with Gasteiger partial charge in [0.05, 0.1) is 29.7 Å². The summed E-state index contributed by atoms with van der Waals surface area (Å²) < 4.78 is 5.75. The van der Waals surface area contributed by atoms with Gasteiger partial charge in [-0.25, -0.2) is 0 Å². The summed E-state index contributed by atoms with van der Waals surface area (Å²) in [5.74, 6) is 0.871. The van der Waals surface area contributed by atoms with Crippen LogP contribution in [-0.2, 0) is 0 Å². The zero-order valence-corrected chi connectivity index (χ0v) is 17.0. The molecule has 1 fully saturated rings. The minimum absolute atomic E-state index is 0.0126. The number of para-hydroxylation sites is 2. The van der Waals surface area contributed by atoms with Crippen molar-refractivity contribution >= 4 is 23.2 Å². The molecule has 0 unspecified atom stereocenters. The highest BCUT2D eigenvalue weighted by Gasteiger charge is 2.26. The van der Waals surface area contributed by atoms with E-state index in [1.54, 1.807) is 18.3 Å². The Bertz CT molecular complexity index is 978. The molecule has 2 heterocycles. The average molecular weight is 411 g/mol. The second kappa shape index (κ2) is 8.57. The van der Waals surface area contributed by atoms with Gasteiger partial charge in [-0.2, -0.15) is 5.10 Å². The number of hydrogen-bond donors (Lipinski definition) is 1. The maximum absolute atomic E-state index is 13.1. The number of H-pyrrole nitrogens is 1. The van der Waals surface area contributed by atoms with Crippen LogP contribution in [0.1, 0.15) is 17.3 Å². The third-order valence-electron chi connectivity index (χ3n) is 5.08. The zero-order valence-electron chi connectivity index (χ0n) is 16.3. The van der Waals surface area contributed by atoms with E-state index in [1.807, 2.05) is 42.2 Å². The number of hydrogen-bond acceptors (Lipinski definition) is 4. The summed E-state index contributed by atoms with van der Waals surface area (Å²) in [6.07, 6.45) is 1.60. The number of aromatic amines is 1. The third kappa shape index (κ3) is 4.07. The molecule has 2 aromatic carbocycles. The molecular weight excluding hydrogens is 388 g/mol. The lowest BCUT2D eigenvalue weighted by Gasteiger charge is -2.36. The molecule has 1 aliphatic rings. The number of benzene rings is 2. The normalized spacial score (nSPS) is 14.1. The lowest BCUT2D eigenvalue weighted by Crippen LogP contribution is -2.49. The number of carbonyl (C=O) groups is 1. The van der Waals surface area contributed by atoms with Crippen LogP contribution in [0.15, 0.2) is 54.7 Å². The van der Waals surface area contributed by atoms with Gasteiger partial charge < -0.3 is 14.5 Å². The van der Waals surface area contributed by atoms with Gasteiger partial charge in [-0.05, 0) is 31.2 Å². The van der Waals surface area contributed by atoms with Crippen molar-refractivity contribution in [3.8, 4) is 17.0 Å². The first kappa shape index (κ1) is 19.3. The summed E-state index contributed by atoms with van der Waals surface area (Å²) in [6, 6.07) is 15.4. The number of nitrogens with zero attached hydrogens (tertiary/aromatic N) is 3. The first-order chi connectivity index (χ1) is 14.2. The molecule has 0 bridgehead atoms. The number of ether oxygens (including phenoxy) is 1. The minimum Gasteiger partial charge on any atom is -0.492 e. The van der Waals surface area contributed by atoms with Crippen molar-refractivity contribution in [2.75, 3.05) is 37.7 Å². The van der Waals surface area contributed by atoms with Gasteiger partial charge in [0.15, 0.2) is 0 Å². The summed E-state index contributed by atoms with van der Waals surface area (Å²) in [6.45, 7) is 5.41. The Morgan fingerprint density at radius 1 is 1.10 bits per heavy atom. The highest BCUT2D eigenvalue weighted by Crippen LogP contribution is 2.29. The van der Waals surface area contributed by atoms with E-state index < -0.39 is 0 Å². The van der Waals surface area contributed by atoms with Crippen molar-refractivity contribution in [2.24, 2.45) is 0 Å². The second-order valence-electron chi connectivity index (χ2n) is 6.85. The van der Waals surface area contributed by atoms with E-state index in [0.29, 0.717) is 30.3 Å². The fraction of sp³-hybridized carbons (Fsp3) is 0.273. The third-order valence-corrected chi connectivity index (χ3v) is 5.33. The van der Waals surface area contributed by atoms with E-state index >= 15 is 0 Å². The second-order valence-corrected chi connectivity index (χ2v) is 7.28. The van der Waals surface area contributed by atoms with Crippen molar-refractivity contribution < 1.29 is 9.53 Å². The van der Waals surface area contributed by atoms with Crippen LogP contribution in [0.5, 0.6) is 5.75 Å². The van der Waals surface area contributed by atoms with Crippen molar-refractivity contribution in [3.63, 3.8) is 0 Å². The number of carbonyl (C=O) groups excluding carboxylic acids is 1. The molecule has 7 heteroatoms. The number of anilines is 1. The van der Waals surface area contributed by atoms with Gasteiger partial charge >= 0.3 is 0 Å². The number of aromatic nitrogens is 2. The smallest absolute Gasteiger partial charge is 0.257 e. The van der Waals surface area contributed by atoms with E-state index in [0.717, 1.165) is 35.8 Å². The Balaban J connectivity index is 1.47. The fourth-order valence-corrected chi connectivity index (χ4v) is 3.73. The Morgan fingerprint density at radius 3 is 2.55 bits per heavy atom. The predicted molar refractivity (Wildman–Crippen MR) is 115 cm³/mol. The lowest BCUT2D eigenvalue weighted by atomic mass is 10.1. The van der Waals surface area contributed by atoms with Gasteiger partial charge in [0, 0.05) is 36.8 Å². The van der Waals surface area contributed by atoms with E-state index in [4.69, 9.17) is 16.3 Å². The first-order valence-electron chi connectivity index (χ1n) is 9.72. The number of nitrogens with one attached hydrogen (secondary N) is 1. The molecule has 0 aliphatic carbocycles. The summed E-state index contributed by atoms with van der Waals surface area (Å²) in [7, 11) is 0. The molecule has 0 atom stereocenters. The van der Waals surface area contributed by atoms with Crippen LogP contribution in [0, 0.1) is 0 Å². The molecule has 1 saturated heterocycles. The predicted octanol–water partition coefficient (Wildman–Crippen LogP) is 4.09. The Kier molecular flexibility index (Phi) is 5.71. The summed E-state index contributed by atoms with van der Waals surface area (Å²) in [5.41, 5.74) is 3.26. The van der Waals surface area contributed by atoms with Crippen LogP contribution >= 0.6 is 11.6 Å². The van der Waals surface area contributed by atoms with Crippen LogP contribution in [0.2, 0.25) is 5.02 Å². The minimum atomic E-state index is -0.0126. The molecule has 150 valence electrons. The number of piperazine rings is 1. The standard InChI is InChI=1S/C22H23ClN4O2/c1-2-29-20-6-4-3-5-19(20)26-11-13-27(14-12-26)22(28)18-15-24-25-21(18)16-7-9-17(23)10-8-16/h3-10,15H,2,11-14H2,1H3,(H,24,25). The van der Waals surface area contributed by atoms with Crippen LogP contribution in [0.4, 0.5) is 5.69 Å². The summed E-state index contributed by atoms with van der Waals surface area (Å²) in [4.78, 5) is 17.3. The Hall–Kier alpha value is -2.99. The molecule has 3 aromatic rings. The fourth-order valence-electron chi connectivity index (χ4n) is 3.60. The number of halogens is 1. The van der Waals surface area contributed by atoms with E-state index in [-0.39, 0.29) is 5.91 Å². The summed E-state index contributed by atoms with van der Waals surface area (Å²) in [5, 5.41) is 7.71. The quantitative estimate of drug-likeness (QED) is 0.688. The van der Waals surface area contributed by atoms with Gasteiger partial charge in [-0.15, -0.1) is 0 Å². The molecule has 1 N–H and O–H groups in total. The van der Waals surface area contributed by atoms with Crippen molar-refractivity contribution in [3.05, 3.63) is 65.3 Å². The molecule has 1 amide bonds. The molecule has 29 heavy (non-hydrogen) atoms. The van der Waals surface area contributed by atoms with Crippen LogP contribution in [0.25, 0.3) is 11.3 Å². The molecule has 4 rings (SSSR count). The van der Waals surface area contributed by atoms with E-state index in [9.17, 15) is 4.79 Å². The van der Waals surface area contributed by atoms with Crippen LogP contribution < -0.4 is 9.64 Å². The van der Waals surface area contributed by atoms with Crippen molar-refractivity contribution in [2.45, 2.75) is 6.92 Å². The Morgan fingerprint density at radius 2 is 1.83 bits per heavy atom. The highest BCUT2D eigenvalue weighted by atomic mass is 35.5. The SMILES string of the molecule is CCOc1ccccc1N1CCN(C(=O)c2cn[nH]c2-c2ccc(Cl)cc2)CC1. The molecule has 0 spiro atoms. The lowest BCUT2D eigenvalue weighted by molar-refractivity contribution is 0.0747. The highest BCUT2D eigenvalue weighted by molar-refractivity contribution is 6.30. The molecule has 1 aromatic heterocycles. The van der Waals surface area contributed by atoms with E-state index in [2.05, 4.69) is 21.2 Å². The van der Waals surface area contributed by atoms with Gasteiger partial charge in [0.25, 0.3) is 5.91 Å². The maximum Gasteiger partial charge on any atom is 0.257 e. The number of amides is 1. The summed E-state index contributed by atoms with van der Waals surface area (Å²) >= 11 is 5.98. The van der Waals surface area contributed by atoms with Gasteiger partial charge in [-0.1, -0.05) is 35.9 Å². The molecule has 0 saturated carbocycles. The first-order valence-corrected chi connectivity index (χ1v) is 10.1. The Labute approximate surface area is 175 Å². The maximum atomic E-state index is 13.1. The molecule has 6 nitrogen and oxygen atoms in total. The molecular formula is C22H23ClN4O2. The average Bonchev–Trinajstić information content (AvgIpc) is 3.24. The van der Waals surface area contributed by atoms with Gasteiger partial charge in [0.2, 0.25) is 0 Å². The molecule has 1 aliphatic heterocycles. The largest absolute Gasteiger partial charge is 0.492 e. The van der Waals surface area contributed by atoms with E-state index in [1.165, 1.54) is 0 Å². The van der Waals surface area contributed by atoms with Crippen LogP contribution in [0.3, 0.4) is 0 Å².